The molecule has 3 heteroatoms. The Morgan fingerprint density at radius 3 is 2.64 bits per heavy atom. The van der Waals surface area contributed by atoms with E-state index in [0.717, 1.165) is 22.6 Å². The molecular weight excluding hydrogens is 180 g/mol. The van der Waals surface area contributed by atoms with Gasteiger partial charge in [0.05, 0.1) is 12.5 Å². The summed E-state index contributed by atoms with van der Waals surface area (Å²) < 4.78 is 10.3. The van der Waals surface area contributed by atoms with Crippen LogP contribution in [0.2, 0.25) is 0 Å². The maximum Gasteiger partial charge on any atom is 0.110 e. The summed E-state index contributed by atoms with van der Waals surface area (Å²) in [6.45, 7) is 3.70. The summed E-state index contributed by atoms with van der Waals surface area (Å²) in [5, 5.41) is 9.95. The molecule has 0 fully saturated rings. The SMILES string of the molecule is Cc1cc(C(O)c2ccoc2)c(C)o1. The van der Waals surface area contributed by atoms with Gasteiger partial charge in [-0.2, -0.15) is 0 Å². The third-order valence-corrected chi connectivity index (χ3v) is 2.23. The van der Waals surface area contributed by atoms with Crippen LogP contribution in [-0.2, 0) is 0 Å². The molecule has 0 amide bonds. The second-order valence-corrected chi connectivity index (χ2v) is 3.33. The topological polar surface area (TPSA) is 46.5 Å². The smallest absolute Gasteiger partial charge is 0.110 e. The maximum absolute atomic E-state index is 9.95. The quantitative estimate of drug-likeness (QED) is 0.795. The van der Waals surface area contributed by atoms with Crippen molar-refractivity contribution in [3.63, 3.8) is 0 Å². The van der Waals surface area contributed by atoms with E-state index in [2.05, 4.69) is 0 Å². The van der Waals surface area contributed by atoms with Crippen molar-refractivity contribution in [2.45, 2.75) is 20.0 Å². The molecule has 0 aliphatic carbocycles. The number of aryl methyl sites for hydroxylation is 2. The molecule has 3 nitrogen and oxygen atoms in total. The van der Waals surface area contributed by atoms with Gasteiger partial charge in [0.15, 0.2) is 0 Å². The van der Waals surface area contributed by atoms with Crippen molar-refractivity contribution in [1.82, 2.24) is 0 Å². The molecule has 0 radical (unpaired) electrons. The Kier molecular flexibility index (Phi) is 2.17. The number of furan rings is 2. The van der Waals surface area contributed by atoms with Crippen LogP contribution in [0.1, 0.15) is 28.8 Å². The molecule has 0 bridgehead atoms. The highest BCUT2D eigenvalue weighted by molar-refractivity contribution is 5.30. The lowest BCUT2D eigenvalue weighted by atomic mass is 10.1. The van der Waals surface area contributed by atoms with Crippen LogP contribution in [-0.4, -0.2) is 5.11 Å². The Labute approximate surface area is 82.0 Å². The van der Waals surface area contributed by atoms with Gasteiger partial charge in [0.2, 0.25) is 0 Å². The highest BCUT2D eigenvalue weighted by Crippen LogP contribution is 2.27. The van der Waals surface area contributed by atoms with Gasteiger partial charge < -0.3 is 13.9 Å². The first kappa shape index (κ1) is 9.09. The largest absolute Gasteiger partial charge is 0.472 e. The van der Waals surface area contributed by atoms with Crippen LogP contribution in [0.5, 0.6) is 0 Å². The molecule has 2 heterocycles. The summed E-state index contributed by atoms with van der Waals surface area (Å²) in [4.78, 5) is 0. The van der Waals surface area contributed by atoms with Crippen molar-refractivity contribution in [3.05, 3.63) is 47.3 Å². The zero-order chi connectivity index (χ0) is 10.1. The average Bonchev–Trinajstić information content (AvgIpc) is 2.73. The van der Waals surface area contributed by atoms with Crippen LogP contribution in [0, 0.1) is 13.8 Å². The summed E-state index contributed by atoms with van der Waals surface area (Å²) in [7, 11) is 0. The molecule has 74 valence electrons. The molecule has 0 spiro atoms. The molecule has 0 aliphatic heterocycles. The van der Waals surface area contributed by atoms with Crippen molar-refractivity contribution >= 4 is 0 Å². The number of hydrogen-bond donors (Lipinski definition) is 1. The van der Waals surface area contributed by atoms with Gasteiger partial charge in [-0.1, -0.05) is 0 Å². The van der Waals surface area contributed by atoms with E-state index in [1.165, 1.54) is 6.26 Å². The molecule has 1 N–H and O–H groups in total. The number of aliphatic hydroxyl groups excluding tert-OH is 1. The van der Waals surface area contributed by atoms with E-state index < -0.39 is 6.10 Å². The van der Waals surface area contributed by atoms with Gasteiger partial charge in [0, 0.05) is 11.1 Å². The molecule has 2 rings (SSSR count). The van der Waals surface area contributed by atoms with E-state index in [0.29, 0.717) is 0 Å². The van der Waals surface area contributed by atoms with Gasteiger partial charge in [-0.25, -0.2) is 0 Å². The van der Waals surface area contributed by atoms with Gasteiger partial charge in [-0.3, -0.25) is 0 Å². The molecule has 1 unspecified atom stereocenters. The molecule has 0 saturated carbocycles. The molecule has 0 saturated heterocycles. The zero-order valence-electron chi connectivity index (χ0n) is 8.15. The first-order valence-electron chi connectivity index (χ1n) is 4.45. The molecule has 0 aromatic carbocycles. The Bertz CT molecular complexity index is 412. The monoisotopic (exact) mass is 192 g/mol. The maximum atomic E-state index is 9.95. The lowest BCUT2D eigenvalue weighted by Gasteiger charge is -2.05. The number of aliphatic hydroxyl groups is 1. The van der Waals surface area contributed by atoms with Crippen LogP contribution in [0.15, 0.2) is 33.5 Å². The van der Waals surface area contributed by atoms with Crippen molar-refractivity contribution in [2.75, 3.05) is 0 Å². The van der Waals surface area contributed by atoms with Crippen LogP contribution in [0.4, 0.5) is 0 Å². The van der Waals surface area contributed by atoms with Crippen molar-refractivity contribution < 1.29 is 13.9 Å². The molecular formula is C11H12O3. The fourth-order valence-corrected chi connectivity index (χ4v) is 1.53. The van der Waals surface area contributed by atoms with Crippen LogP contribution < -0.4 is 0 Å². The predicted molar refractivity (Wildman–Crippen MR) is 51.0 cm³/mol. The van der Waals surface area contributed by atoms with Crippen LogP contribution in [0.3, 0.4) is 0 Å². The van der Waals surface area contributed by atoms with Crippen molar-refractivity contribution in [2.24, 2.45) is 0 Å². The second kappa shape index (κ2) is 3.35. The third kappa shape index (κ3) is 1.46. The van der Waals surface area contributed by atoms with Gasteiger partial charge in [-0.15, -0.1) is 0 Å². The Morgan fingerprint density at radius 1 is 1.36 bits per heavy atom. The van der Waals surface area contributed by atoms with E-state index in [1.807, 2.05) is 19.9 Å². The van der Waals surface area contributed by atoms with Crippen LogP contribution >= 0.6 is 0 Å². The molecule has 1 atom stereocenters. The molecule has 2 aromatic rings. The lowest BCUT2D eigenvalue weighted by molar-refractivity contribution is 0.217. The van der Waals surface area contributed by atoms with E-state index in [9.17, 15) is 5.11 Å². The standard InChI is InChI=1S/C11H12O3/c1-7-5-10(8(2)14-7)11(12)9-3-4-13-6-9/h3-6,11-12H,1-2H3. The van der Waals surface area contributed by atoms with E-state index >= 15 is 0 Å². The minimum absolute atomic E-state index is 0.661. The second-order valence-electron chi connectivity index (χ2n) is 3.33. The normalized spacial score (nSPS) is 13.1. The van der Waals surface area contributed by atoms with Crippen LogP contribution in [0.25, 0.3) is 0 Å². The zero-order valence-corrected chi connectivity index (χ0v) is 8.15. The highest BCUT2D eigenvalue weighted by Gasteiger charge is 2.16. The minimum Gasteiger partial charge on any atom is -0.472 e. The van der Waals surface area contributed by atoms with Gasteiger partial charge >= 0.3 is 0 Å². The summed E-state index contributed by atoms with van der Waals surface area (Å²) in [5.74, 6) is 1.55. The summed E-state index contributed by atoms with van der Waals surface area (Å²) in [6.07, 6.45) is 2.42. The summed E-state index contributed by atoms with van der Waals surface area (Å²) in [5.41, 5.74) is 1.54. The first-order valence-corrected chi connectivity index (χ1v) is 4.45. The Balaban J connectivity index is 2.36. The van der Waals surface area contributed by atoms with Gasteiger partial charge in [0.25, 0.3) is 0 Å². The van der Waals surface area contributed by atoms with Gasteiger partial charge in [-0.05, 0) is 26.0 Å². The fraction of sp³-hybridized carbons (Fsp3) is 0.273. The highest BCUT2D eigenvalue weighted by atomic mass is 16.3. The van der Waals surface area contributed by atoms with Crippen molar-refractivity contribution in [1.29, 1.82) is 0 Å². The van der Waals surface area contributed by atoms with Gasteiger partial charge in [0.1, 0.15) is 17.6 Å². The molecule has 0 aliphatic rings. The van der Waals surface area contributed by atoms with E-state index in [-0.39, 0.29) is 0 Å². The first-order chi connectivity index (χ1) is 6.68. The van der Waals surface area contributed by atoms with Crippen molar-refractivity contribution in [3.8, 4) is 0 Å². The Morgan fingerprint density at radius 2 is 2.14 bits per heavy atom. The summed E-state index contributed by atoms with van der Waals surface area (Å²) in [6, 6.07) is 3.58. The number of rotatable bonds is 2. The molecule has 14 heavy (non-hydrogen) atoms. The minimum atomic E-state index is -0.661. The lowest BCUT2D eigenvalue weighted by Crippen LogP contribution is -1.97. The third-order valence-electron chi connectivity index (χ3n) is 2.23. The predicted octanol–water partition coefficient (Wildman–Crippen LogP) is 2.57. The number of hydrogen-bond acceptors (Lipinski definition) is 3. The average molecular weight is 192 g/mol. The van der Waals surface area contributed by atoms with E-state index in [4.69, 9.17) is 8.83 Å². The summed E-state index contributed by atoms with van der Waals surface area (Å²) >= 11 is 0. The van der Waals surface area contributed by atoms with E-state index in [1.54, 1.807) is 12.3 Å². The molecule has 2 aromatic heterocycles. The Hall–Kier alpha value is -1.48. The fourth-order valence-electron chi connectivity index (χ4n) is 1.53.